The predicted molar refractivity (Wildman–Crippen MR) is 91.1 cm³/mol. The number of aromatic nitrogens is 3. The maximum atomic E-state index is 4.61. The van der Waals surface area contributed by atoms with E-state index in [1.54, 1.807) is 0 Å². The third kappa shape index (κ3) is 2.66. The van der Waals surface area contributed by atoms with Gasteiger partial charge in [-0.2, -0.15) is 0 Å². The molecule has 2 heterocycles. The van der Waals surface area contributed by atoms with Gasteiger partial charge < -0.3 is 14.5 Å². The first-order valence-corrected chi connectivity index (χ1v) is 7.82. The second-order valence-corrected chi connectivity index (χ2v) is 5.93. The first kappa shape index (κ1) is 14.9. The summed E-state index contributed by atoms with van der Waals surface area (Å²) in [6.07, 6.45) is 0. The molecule has 0 aliphatic heterocycles. The number of benzene rings is 1. The molecule has 1 aromatic carbocycles. The second kappa shape index (κ2) is 5.97. The Labute approximate surface area is 131 Å². The lowest BCUT2D eigenvalue weighted by Crippen LogP contribution is -2.21. The quantitative estimate of drug-likeness (QED) is 0.734. The molecule has 3 aromatic rings. The van der Waals surface area contributed by atoms with Crippen molar-refractivity contribution in [2.24, 2.45) is 7.05 Å². The Kier molecular flexibility index (Phi) is 4.03. The normalized spacial score (nSPS) is 11.5. The van der Waals surface area contributed by atoms with Gasteiger partial charge in [-0.05, 0) is 38.3 Å². The fraction of sp³-hybridized carbons (Fsp3) is 0.389. The highest BCUT2D eigenvalue weighted by Crippen LogP contribution is 2.18. The molecule has 0 aliphatic carbocycles. The molecule has 0 spiro atoms. The molecule has 0 saturated carbocycles. The standard InChI is InChI=1S/C18H24N4/c1-13-11-16-7-5-6-8-17(16)22(13)10-9-19-12-18-20-14(2)15(3)21(18)4/h5-8,11,19H,9-10,12H2,1-4H3. The smallest absolute Gasteiger partial charge is 0.122 e. The van der Waals surface area contributed by atoms with Crippen LogP contribution in [0, 0.1) is 20.8 Å². The van der Waals surface area contributed by atoms with Crippen LogP contribution < -0.4 is 5.32 Å². The third-order valence-electron chi connectivity index (χ3n) is 4.52. The van der Waals surface area contributed by atoms with Gasteiger partial charge in [0, 0.05) is 37.0 Å². The van der Waals surface area contributed by atoms with E-state index in [2.05, 4.69) is 77.6 Å². The number of imidazole rings is 1. The molecular formula is C18H24N4. The molecule has 22 heavy (non-hydrogen) atoms. The van der Waals surface area contributed by atoms with Gasteiger partial charge in [0.05, 0.1) is 12.2 Å². The Hall–Kier alpha value is -2.07. The number of hydrogen-bond donors (Lipinski definition) is 1. The number of fused-ring (bicyclic) bond motifs is 1. The lowest BCUT2D eigenvalue weighted by atomic mass is 10.2. The fourth-order valence-electron chi connectivity index (χ4n) is 2.98. The van der Waals surface area contributed by atoms with E-state index in [1.807, 2.05) is 0 Å². The maximum Gasteiger partial charge on any atom is 0.122 e. The summed E-state index contributed by atoms with van der Waals surface area (Å²) in [6, 6.07) is 10.8. The van der Waals surface area contributed by atoms with E-state index in [1.165, 1.54) is 22.3 Å². The lowest BCUT2D eigenvalue weighted by Gasteiger charge is -2.10. The van der Waals surface area contributed by atoms with Crippen LogP contribution in [0.15, 0.2) is 30.3 Å². The van der Waals surface area contributed by atoms with Gasteiger partial charge in [-0.15, -0.1) is 0 Å². The topological polar surface area (TPSA) is 34.8 Å². The summed E-state index contributed by atoms with van der Waals surface area (Å²) in [5.74, 6) is 1.10. The minimum Gasteiger partial charge on any atom is -0.344 e. The fourth-order valence-corrected chi connectivity index (χ4v) is 2.98. The molecule has 0 saturated heterocycles. The predicted octanol–water partition coefficient (Wildman–Crippen LogP) is 3.09. The maximum absolute atomic E-state index is 4.61. The molecule has 0 atom stereocenters. The molecule has 4 nitrogen and oxygen atoms in total. The Morgan fingerprint density at radius 3 is 2.64 bits per heavy atom. The van der Waals surface area contributed by atoms with Gasteiger partial charge in [-0.3, -0.25) is 0 Å². The van der Waals surface area contributed by atoms with E-state index < -0.39 is 0 Å². The van der Waals surface area contributed by atoms with Crippen LogP contribution in [-0.4, -0.2) is 20.7 Å². The molecule has 1 N–H and O–H groups in total. The van der Waals surface area contributed by atoms with Gasteiger partial charge in [-0.1, -0.05) is 18.2 Å². The van der Waals surface area contributed by atoms with Crippen molar-refractivity contribution in [3.05, 3.63) is 53.2 Å². The van der Waals surface area contributed by atoms with Gasteiger partial charge in [0.2, 0.25) is 0 Å². The van der Waals surface area contributed by atoms with Crippen molar-refractivity contribution in [3.8, 4) is 0 Å². The number of nitrogens with zero attached hydrogens (tertiary/aromatic N) is 3. The largest absolute Gasteiger partial charge is 0.344 e. The molecule has 4 heteroatoms. The molecule has 2 aromatic heterocycles. The SMILES string of the molecule is Cc1nc(CNCCn2c(C)cc3ccccc32)n(C)c1C. The van der Waals surface area contributed by atoms with Crippen molar-refractivity contribution in [2.75, 3.05) is 6.54 Å². The average Bonchev–Trinajstić information content (AvgIpc) is 2.95. The van der Waals surface area contributed by atoms with Crippen molar-refractivity contribution in [1.82, 2.24) is 19.4 Å². The van der Waals surface area contributed by atoms with Gasteiger partial charge in [0.1, 0.15) is 5.82 Å². The first-order valence-electron chi connectivity index (χ1n) is 7.82. The van der Waals surface area contributed by atoms with Crippen molar-refractivity contribution in [1.29, 1.82) is 0 Å². The van der Waals surface area contributed by atoms with Crippen molar-refractivity contribution >= 4 is 10.9 Å². The van der Waals surface area contributed by atoms with Crippen LogP contribution >= 0.6 is 0 Å². The molecule has 3 rings (SSSR count). The summed E-state index contributed by atoms with van der Waals surface area (Å²) in [7, 11) is 2.08. The first-order chi connectivity index (χ1) is 10.6. The van der Waals surface area contributed by atoms with Crippen molar-refractivity contribution in [3.63, 3.8) is 0 Å². The number of nitrogens with one attached hydrogen (secondary N) is 1. The van der Waals surface area contributed by atoms with Gasteiger partial charge >= 0.3 is 0 Å². The zero-order valence-corrected chi connectivity index (χ0v) is 13.8. The van der Waals surface area contributed by atoms with E-state index in [0.717, 1.165) is 31.2 Å². The van der Waals surface area contributed by atoms with Crippen LogP contribution in [0.25, 0.3) is 10.9 Å². The van der Waals surface area contributed by atoms with E-state index in [4.69, 9.17) is 0 Å². The number of aryl methyl sites for hydroxylation is 2. The molecule has 0 unspecified atom stereocenters. The molecule has 0 radical (unpaired) electrons. The van der Waals surface area contributed by atoms with E-state index in [0.29, 0.717) is 0 Å². The minimum absolute atomic E-state index is 0.809. The molecule has 0 aliphatic rings. The lowest BCUT2D eigenvalue weighted by molar-refractivity contribution is 0.578. The van der Waals surface area contributed by atoms with Gasteiger partial charge in [0.25, 0.3) is 0 Å². The average molecular weight is 296 g/mol. The third-order valence-corrected chi connectivity index (χ3v) is 4.52. The monoisotopic (exact) mass is 296 g/mol. The van der Waals surface area contributed by atoms with Crippen molar-refractivity contribution in [2.45, 2.75) is 33.9 Å². The van der Waals surface area contributed by atoms with E-state index in [-0.39, 0.29) is 0 Å². The van der Waals surface area contributed by atoms with Crippen LogP contribution in [0.5, 0.6) is 0 Å². The van der Waals surface area contributed by atoms with Crippen LogP contribution in [0.4, 0.5) is 0 Å². The summed E-state index contributed by atoms with van der Waals surface area (Å²) in [5.41, 5.74) is 4.98. The van der Waals surface area contributed by atoms with Crippen LogP contribution in [-0.2, 0) is 20.1 Å². The summed E-state index contributed by atoms with van der Waals surface area (Å²) in [6.45, 7) is 9.07. The molecule has 116 valence electrons. The highest BCUT2D eigenvalue weighted by molar-refractivity contribution is 5.81. The van der Waals surface area contributed by atoms with Crippen LogP contribution in [0.2, 0.25) is 0 Å². The molecule has 0 amide bonds. The van der Waals surface area contributed by atoms with Gasteiger partial charge in [0.15, 0.2) is 0 Å². The van der Waals surface area contributed by atoms with E-state index >= 15 is 0 Å². The summed E-state index contributed by atoms with van der Waals surface area (Å²) in [4.78, 5) is 4.61. The zero-order valence-electron chi connectivity index (χ0n) is 13.8. The molecule has 0 bridgehead atoms. The van der Waals surface area contributed by atoms with Crippen LogP contribution in [0.1, 0.15) is 22.9 Å². The van der Waals surface area contributed by atoms with Gasteiger partial charge in [-0.25, -0.2) is 4.98 Å². The Morgan fingerprint density at radius 2 is 1.91 bits per heavy atom. The highest BCUT2D eigenvalue weighted by Gasteiger charge is 2.07. The Morgan fingerprint density at radius 1 is 1.14 bits per heavy atom. The van der Waals surface area contributed by atoms with Crippen molar-refractivity contribution < 1.29 is 0 Å². The second-order valence-electron chi connectivity index (χ2n) is 5.93. The number of para-hydroxylation sites is 1. The molecular weight excluding hydrogens is 272 g/mol. The number of rotatable bonds is 5. The summed E-state index contributed by atoms with van der Waals surface area (Å²) in [5, 5.41) is 4.82. The number of hydrogen-bond acceptors (Lipinski definition) is 2. The zero-order chi connectivity index (χ0) is 15.7. The summed E-state index contributed by atoms with van der Waals surface area (Å²) < 4.78 is 4.54. The van der Waals surface area contributed by atoms with Crippen LogP contribution in [0.3, 0.4) is 0 Å². The summed E-state index contributed by atoms with van der Waals surface area (Å²) >= 11 is 0. The Bertz CT molecular complexity index is 795. The highest BCUT2D eigenvalue weighted by atomic mass is 15.1. The Balaban J connectivity index is 1.63. The molecule has 0 fully saturated rings. The minimum atomic E-state index is 0.809. The van der Waals surface area contributed by atoms with E-state index in [9.17, 15) is 0 Å².